The lowest BCUT2D eigenvalue weighted by atomic mass is 10.0. The number of nitrogens with one attached hydrogen (secondary N) is 1. The minimum Gasteiger partial charge on any atom is -0.548 e. The van der Waals surface area contributed by atoms with Crippen LogP contribution in [-0.2, 0) is 28.6 Å². The molecule has 0 unspecified atom stereocenters. The number of hydrogen-bond acceptors (Lipinski definition) is 6. The molecule has 2 rings (SSSR count). The van der Waals surface area contributed by atoms with E-state index in [0.717, 1.165) is 0 Å². The molecule has 1 aromatic rings. The Hall–Kier alpha value is -2.28. The Labute approximate surface area is 139 Å². The number of carboxylic acids is 1. The normalized spacial score (nSPS) is 13.2. The van der Waals surface area contributed by atoms with Gasteiger partial charge in [0.15, 0.2) is 0 Å². The molecule has 24 heavy (non-hydrogen) atoms. The van der Waals surface area contributed by atoms with Gasteiger partial charge in [0.1, 0.15) is 11.1 Å². The number of amides is 1. The Morgan fingerprint density at radius 2 is 2.08 bits per heavy atom. The number of nitriles is 1. The summed E-state index contributed by atoms with van der Waals surface area (Å²) in [6, 6.07) is 1.54. The predicted octanol–water partition coefficient (Wildman–Crippen LogP) is 0.419. The van der Waals surface area contributed by atoms with Crippen molar-refractivity contribution in [2.24, 2.45) is 0 Å². The highest BCUT2D eigenvalue weighted by molar-refractivity contribution is 8.00. The molecule has 0 bridgehead atoms. The van der Waals surface area contributed by atoms with Crippen LogP contribution in [0.2, 0.25) is 0 Å². The van der Waals surface area contributed by atoms with Crippen molar-refractivity contribution in [2.75, 3.05) is 12.3 Å². The molecule has 0 aliphatic heterocycles. The van der Waals surface area contributed by atoms with Crippen LogP contribution in [-0.4, -0.2) is 29.2 Å². The Balaban J connectivity index is 2.29. The summed E-state index contributed by atoms with van der Waals surface area (Å²) in [6.07, 6.45) is -3.57. The average molecular weight is 358 g/mol. The summed E-state index contributed by atoms with van der Waals surface area (Å²) in [5.74, 6) is -2.55. The van der Waals surface area contributed by atoms with Gasteiger partial charge in [0.05, 0.1) is 29.4 Å². The van der Waals surface area contributed by atoms with Gasteiger partial charge in [-0.05, 0) is 24.8 Å². The molecule has 0 aromatic carbocycles. The van der Waals surface area contributed by atoms with Crippen LogP contribution < -0.4 is 10.4 Å². The van der Waals surface area contributed by atoms with E-state index < -0.39 is 35.7 Å². The lowest BCUT2D eigenvalue weighted by Crippen LogP contribution is -2.38. The van der Waals surface area contributed by atoms with E-state index in [1.165, 1.54) is 6.07 Å². The van der Waals surface area contributed by atoms with Gasteiger partial charge in [-0.15, -0.1) is 0 Å². The molecule has 0 atom stereocenters. The number of carbonyl (C=O) groups excluding carboxylic acids is 2. The summed E-state index contributed by atoms with van der Waals surface area (Å²) in [4.78, 5) is 25.8. The van der Waals surface area contributed by atoms with Gasteiger partial charge in [0.2, 0.25) is 5.91 Å². The fourth-order valence-corrected chi connectivity index (χ4v) is 3.27. The molecular weight excluding hydrogens is 347 g/mol. The number of nitrogens with zero attached hydrogens (tertiary/aromatic N) is 2. The van der Waals surface area contributed by atoms with Crippen molar-refractivity contribution in [2.45, 2.75) is 30.5 Å². The van der Waals surface area contributed by atoms with Crippen molar-refractivity contribution in [1.82, 2.24) is 10.3 Å². The highest BCUT2D eigenvalue weighted by Crippen LogP contribution is 2.41. The molecule has 1 aromatic heterocycles. The molecule has 1 heterocycles. The van der Waals surface area contributed by atoms with E-state index in [4.69, 9.17) is 5.26 Å². The first-order chi connectivity index (χ1) is 11.2. The maximum absolute atomic E-state index is 13.3. The van der Waals surface area contributed by atoms with Gasteiger partial charge in [-0.2, -0.15) is 18.4 Å². The van der Waals surface area contributed by atoms with Crippen LogP contribution in [0.4, 0.5) is 13.2 Å². The summed E-state index contributed by atoms with van der Waals surface area (Å²) in [5, 5.41) is 21.3. The van der Waals surface area contributed by atoms with Crippen LogP contribution >= 0.6 is 11.8 Å². The van der Waals surface area contributed by atoms with Gasteiger partial charge < -0.3 is 15.2 Å². The van der Waals surface area contributed by atoms with E-state index in [9.17, 15) is 27.9 Å². The standard InChI is InChI=1S/C14H12F3N3O3S/c15-14(16,17)12-7-2-1-3-9(7)20-13(8(12)4-18)24-6-10(21)19-5-11(22)23/h1-3,5-6H2,(H,19,21)(H,22,23)/p-1. The van der Waals surface area contributed by atoms with Crippen LogP contribution in [0.5, 0.6) is 0 Å². The molecule has 10 heteroatoms. The first-order valence-electron chi connectivity index (χ1n) is 6.86. The second kappa shape index (κ2) is 7.09. The number of halogens is 3. The zero-order valence-corrected chi connectivity index (χ0v) is 13.0. The van der Waals surface area contributed by atoms with E-state index >= 15 is 0 Å². The van der Waals surface area contributed by atoms with Crippen molar-refractivity contribution < 1.29 is 27.9 Å². The second-order valence-corrected chi connectivity index (χ2v) is 5.96. The summed E-state index contributed by atoms with van der Waals surface area (Å²) in [6.45, 7) is -0.698. The average Bonchev–Trinajstić information content (AvgIpc) is 2.95. The zero-order valence-electron chi connectivity index (χ0n) is 12.2. The summed E-state index contributed by atoms with van der Waals surface area (Å²) >= 11 is 0.669. The van der Waals surface area contributed by atoms with Crippen LogP contribution in [0.25, 0.3) is 0 Å². The van der Waals surface area contributed by atoms with E-state index in [1.54, 1.807) is 0 Å². The maximum atomic E-state index is 13.3. The van der Waals surface area contributed by atoms with Crippen LogP contribution in [0.3, 0.4) is 0 Å². The molecule has 1 aliphatic rings. The minimum absolute atomic E-state index is 0.0461. The number of carbonyl (C=O) groups is 2. The Bertz CT molecular complexity index is 729. The van der Waals surface area contributed by atoms with Gasteiger partial charge >= 0.3 is 6.18 Å². The highest BCUT2D eigenvalue weighted by Gasteiger charge is 2.40. The molecule has 1 aliphatic carbocycles. The van der Waals surface area contributed by atoms with E-state index in [0.29, 0.717) is 30.3 Å². The number of thioether (sulfide) groups is 1. The van der Waals surface area contributed by atoms with Gasteiger partial charge in [0, 0.05) is 5.69 Å². The van der Waals surface area contributed by atoms with Gasteiger partial charge in [-0.1, -0.05) is 11.8 Å². The molecule has 0 saturated carbocycles. The number of aryl methyl sites for hydroxylation is 1. The summed E-state index contributed by atoms with van der Waals surface area (Å²) in [5.41, 5.74) is -1.24. The first kappa shape index (κ1) is 18.1. The second-order valence-electron chi connectivity index (χ2n) is 4.99. The first-order valence-corrected chi connectivity index (χ1v) is 7.85. The quantitative estimate of drug-likeness (QED) is 0.765. The monoisotopic (exact) mass is 358 g/mol. The van der Waals surface area contributed by atoms with Crippen LogP contribution in [0.1, 0.15) is 28.8 Å². The van der Waals surface area contributed by atoms with E-state index in [2.05, 4.69) is 4.98 Å². The summed E-state index contributed by atoms with van der Waals surface area (Å²) in [7, 11) is 0. The SMILES string of the molecule is N#Cc1c(SCC(=O)NCC(=O)[O-])nc2c(c1C(F)(F)F)CCC2. The highest BCUT2D eigenvalue weighted by atomic mass is 32.2. The number of rotatable bonds is 5. The van der Waals surface area contributed by atoms with Crippen molar-refractivity contribution in [3.05, 3.63) is 22.4 Å². The van der Waals surface area contributed by atoms with Gasteiger partial charge in [-0.3, -0.25) is 4.79 Å². The summed E-state index contributed by atoms with van der Waals surface area (Å²) < 4.78 is 40.0. The number of pyridine rings is 1. The van der Waals surface area contributed by atoms with Crippen LogP contribution in [0, 0.1) is 11.3 Å². The largest absolute Gasteiger partial charge is 0.548 e. The molecular formula is C14H11F3N3O3S-. The lowest BCUT2D eigenvalue weighted by Gasteiger charge is -2.16. The smallest absolute Gasteiger partial charge is 0.418 e. The Morgan fingerprint density at radius 1 is 1.38 bits per heavy atom. The molecule has 0 spiro atoms. The molecule has 0 saturated heterocycles. The Morgan fingerprint density at radius 3 is 2.67 bits per heavy atom. The van der Waals surface area contributed by atoms with Gasteiger partial charge in [0.25, 0.3) is 0 Å². The maximum Gasteiger partial charge on any atom is 0.418 e. The molecule has 128 valence electrons. The Kier molecular flexibility index (Phi) is 5.33. The zero-order chi connectivity index (χ0) is 17.9. The van der Waals surface area contributed by atoms with E-state index in [-0.39, 0.29) is 22.8 Å². The number of aromatic nitrogens is 1. The van der Waals surface area contributed by atoms with E-state index in [1.807, 2.05) is 5.32 Å². The number of hydrogen-bond donors (Lipinski definition) is 1. The van der Waals surface area contributed by atoms with Crippen molar-refractivity contribution in [3.8, 4) is 6.07 Å². The van der Waals surface area contributed by atoms with Crippen molar-refractivity contribution in [3.63, 3.8) is 0 Å². The fourth-order valence-electron chi connectivity index (χ4n) is 2.43. The third-order valence-electron chi connectivity index (χ3n) is 3.36. The molecule has 0 fully saturated rings. The van der Waals surface area contributed by atoms with Crippen molar-refractivity contribution >= 4 is 23.6 Å². The van der Waals surface area contributed by atoms with Crippen molar-refractivity contribution in [1.29, 1.82) is 5.26 Å². The predicted molar refractivity (Wildman–Crippen MR) is 74.7 cm³/mol. The number of fused-ring (bicyclic) bond motifs is 1. The minimum atomic E-state index is -4.69. The molecule has 0 radical (unpaired) electrons. The molecule has 6 nitrogen and oxygen atoms in total. The number of aliphatic carboxylic acids is 1. The molecule has 1 amide bonds. The number of alkyl halides is 3. The van der Waals surface area contributed by atoms with Crippen LogP contribution in [0.15, 0.2) is 5.03 Å². The lowest BCUT2D eigenvalue weighted by molar-refractivity contribution is -0.304. The third-order valence-corrected chi connectivity index (χ3v) is 4.33. The van der Waals surface area contributed by atoms with Gasteiger partial charge in [-0.25, -0.2) is 4.98 Å². The topological polar surface area (TPSA) is 106 Å². The third kappa shape index (κ3) is 3.97. The number of carboxylic acid groups (broad SMARTS) is 1. The molecule has 1 N–H and O–H groups in total. The fraction of sp³-hybridized carbons (Fsp3) is 0.429.